The molecule has 0 unspecified atom stereocenters. The molecule has 17 heavy (non-hydrogen) atoms. The highest BCUT2D eigenvalue weighted by molar-refractivity contribution is 6.18. The van der Waals surface area contributed by atoms with E-state index in [0.717, 1.165) is 5.56 Å². The lowest BCUT2D eigenvalue weighted by Gasteiger charge is -2.13. The normalized spacial score (nSPS) is 23.7. The molecule has 94 valence electrons. The lowest BCUT2D eigenvalue weighted by atomic mass is 10.2. The SMILES string of the molecule is COc1ccc([C@H]2OC[C@H](CCl)O2)cc1OC. The van der Waals surface area contributed by atoms with Crippen LogP contribution >= 0.6 is 11.6 Å². The van der Waals surface area contributed by atoms with E-state index >= 15 is 0 Å². The van der Waals surface area contributed by atoms with Crippen molar-refractivity contribution in [1.82, 2.24) is 0 Å². The van der Waals surface area contributed by atoms with Crippen LogP contribution in [0, 0.1) is 0 Å². The van der Waals surface area contributed by atoms with Crippen molar-refractivity contribution in [3.63, 3.8) is 0 Å². The first-order valence-corrected chi connectivity index (χ1v) is 5.87. The molecule has 2 rings (SSSR count). The quantitative estimate of drug-likeness (QED) is 0.777. The van der Waals surface area contributed by atoms with E-state index in [1.807, 2.05) is 18.2 Å². The van der Waals surface area contributed by atoms with Crippen LogP contribution in [0.1, 0.15) is 11.9 Å². The molecule has 1 aromatic carbocycles. The Morgan fingerprint density at radius 1 is 1.29 bits per heavy atom. The molecule has 5 heteroatoms. The molecule has 1 fully saturated rings. The molecule has 0 bridgehead atoms. The number of hydrogen-bond acceptors (Lipinski definition) is 4. The van der Waals surface area contributed by atoms with Crippen LogP contribution in [-0.4, -0.2) is 32.8 Å². The Morgan fingerprint density at radius 2 is 2.06 bits per heavy atom. The van der Waals surface area contributed by atoms with Crippen molar-refractivity contribution in [2.75, 3.05) is 26.7 Å². The van der Waals surface area contributed by atoms with Gasteiger partial charge in [-0.05, 0) is 12.1 Å². The van der Waals surface area contributed by atoms with E-state index in [9.17, 15) is 0 Å². The van der Waals surface area contributed by atoms with Crippen molar-refractivity contribution < 1.29 is 18.9 Å². The standard InChI is InChI=1S/C12H15ClO4/c1-14-10-4-3-8(5-11(10)15-2)12-16-7-9(6-13)17-12/h3-5,9,12H,6-7H2,1-2H3/t9-,12-/m0/s1. The molecule has 4 nitrogen and oxygen atoms in total. The van der Waals surface area contributed by atoms with Gasteiger partial charge in [-0.15, -0.1) is 11.6 Å². The Morgan fingerprint density at radius 3 is 2.65 bits per heavy atom. The number of rotatable bonds is 4. The van der Waals surface area contributed by atoms with Gasteiger partial charge in [-0.1, -0.05) is 6.07 Å². The molecule has 1 aliphatic heterocycles. The Hall–Kier alpha value is -0.970. The van der Waals surface area contributed by atoms with Gasteiger partial charge in [0.05, 0.1) is 32.8 Å². The second kappa shape index (κ2) is 5.58. The summed E-state index contributed by atoms with van der Waals surface area (Å²) in [6.07, 6.45) is -0.423. The van der Waals surface area contributed by atoms with Crippen LogP contribution in [0.25, 0.3) is 0 Å². The summed E-state index contributed by atoms with van der Waals surface area (Å²) in [6.45, 7) is 0.516. The minimum absolute atomic E-state index is 0.0465. The third-order valence-corrected chi connectivity index (χ3v) is 2.95. The third-order valence-electron chi connectivity index (χ3n) is 2.60. The fourth-order valence-corrected chi connectivity index (χ4v) is 1.87. The molecule has 0 saturated carbocycles. The topological polar surface area (TPSA) is 36.9 Å². The number of ether oxygens (including phenoxy) is 4. The maximum absolute atomic E-state index is 5.72. The first-order chi connectivity index (χ1) is 8.28. The first kappa shape index (κ1) is 12.5. The Labute approximate surface area is 105 Å². The monoisotopic (exact) mass is 258 g/mol. The van der Waals surface area contributed by atoms with Crippen molar-refractivity contribution in [3.05, 3.63) is 23.8 Å². The summed E-state index contributed by atoms with van der Waals surface area (Å²) in [6, 6.07) is 5.57. The van der Waals surface area contributed by atoms with Crippen LogP contribution in [-0.2, 0) is 9.47 Å². The second-order valence-electron chi connectivity index (χ2n) is 3.69. The molecule has 0 N–H and O–H groups in total. The summed E-state index contributed by atoms with van der Waals surface area (Å²) in [5.41, 5.74) is 0.898. The van der Waals surface area contributed by atoms with Crippen LogP contribution in [0.2, 0.25) is 0 Å². The summed E-state index contributed by atoms with van der Waals surface area (Å²) in [7, 11) is 3.20. The molecular formula is C12H15ClO4. The van der Waals surface area contributed by atoms with Crippen LogP contribution in [0.3, 0.4) is 0 Å². The van der Waals surface area contributed by atoms with Crippen molar-refractivity contribution >= 4 is 11.6 Å². The largest absolute Gasteiger partial charge is 0.493 e. The third kappa shape index (κ3) is 2.65. The molecule has 0 amide bonds. The smallest absolute Gasteiger partial charge is 0.184 e. The number of methoxy groups -OCH3 is 2. The molecule has 2 atom stereocenters. The van der Waals surface area contributed by atoms with Gasteiger partial charge in [-0.25, -0.2) is 0 Å². The van der Waals surface area contributed by atoms with Crippen molar-refractivity contribution in [1.29, 1.82) is 0 Å². The van der Waals surface area contributed by atoms with Crippen LogP contribution in [0.15, 0.2) is 18.2 Å². The van der Waals surface area contributed by atoms with E-state index in [1.165, 1.54) is 0 Å². The highest BCUT2D eigenvalue weighted by atomic mass is 35.5. The zero-order valence-corrected chi connectivity index (χ0v) is 10.6. The summed E-state index contributed by atoms with van der Waals surface area (Å²) in [5, 5.41) is 0. The van der Waals surface area contributed by atoms with E-state index in [0.29, 0.717) is 24.0 Å². The summed E-state index contributed by atoms with van der Waals surface area (Å²) in [4.78, 5) is 0. The zero-order chi connectivity index (χ0) is 12.3. The van der Waals surface area contributed by atoms with Gasteiger partial charge in [-0.2, -0.15) is 0 Å². The van der Waals surface area contributed by atoms with Crippen LogP contribution in [0.5, 0.6) is 11.5 Å². The van der Waals surface area contributed by atoms with Crippen molar-refractivity contribution in [3.8, 4) is 11.5 Å². The average Bonchev–Trinajstić information content (AvgIpc) is 2.86. The number of benzene rings is 1. The Balaban J connectivity index is 2.16. The molecule has 0 spiro atoms. The maximum atomic E-state index is 5.72. The van der Waals surface area contributed by atoms with E-state index < -0.39 is 0 Å². The van der Waals surface area contributed by atoms with Gasteiger partial charge >= 0.3 is 0 Å². The molecule has 0 aromatic heterocycles. The van der Waals surface area contributed by atoms with E-state index in [4.69, 9.17) is 30.5 Å². The average molecular weight is 259 g/mol. The lowest BCUT2D eigenvalue weighted by Crippen LogP contribution is -2.10. The first-order valence-electron chi connectivity index (χ1n) is 5.33. The highest BCUT2D eigenvalue weighted by Gasteiger charge is 2.27. The molecule has 0 aliphatic carbocycles. The Bertz CT molecular complexity index is 383. The van der Waals surface area contributed by atoms with E-state index in [-0.39, 0.29) is 12.4 Å². The predicted molar refractivity (Wildman–Crippen MR) is 63.8 cm³/mol. The summed E-state index contributed by atoms with van der Waals surface area (Å²) in [5.74, 6) is 1.78. The number of halogens is 1. The summed E-state index contributed by atoms with van der Waals surface area (Å²) < 4.78 is 21.5. The van der Waals surface area contributed by atoms with Crippen molar-refractivity contribution in [2.24, 2.45) is 0 Å². The predicted octanol–water partition coefficient (Wildman–Crippen LogP) is 2.36. The molecular weight excluding hydrogens is 244 g/mol. The number of alkyl halides is 1. The van der Waals surface area contributed by atoms with Gasteiger partial charge in [0.15, 0.2) is 17.8 Å². The van der Waals surface area contributed by atoms with Gasteiger partial charge in [0, 0.05) is 5.56 Å². The molecule has 0 radical (unpaired) electrons. The minimum atomic E-state index is -0.376. The molecule has 1 heterocycles. The lowest BCUT2D eigenvalue weighted by molar-refractivity contribution is -0.0568. The van der Waals surface area contributed by atoms with E-state index in [2.05, 4.69) is 0 Å². The fraction of sp³-hybridized carbons (Fsp3) is 0.500. The van der Waals surface area contributed by atoms with Gasteiger partial charge in [0.2, 0.25) is 0 Å². The zero-order valence-electron chi connectivity index (χ0n) is 9.81. The van der Waals surface area contributed by atoms with Crippen molar-refractivity contribution in [2.45, 2.75) is 12.4 Å². The van der Waals surface area contributed by atoms with Gasteiger partial charge in [0.1, 0.15) is 0 Å². The molecule has 1 saturated heterocycles. The Kier molecular flexibility index (Phi) is 4.10. The van der Waals surface area contributed by atoms with Crippen LogP contribution < -0.4 is 9.47 Å². The van der Waals surface area contributed by atoms with Gasteiger partial charge in [0.25, 0.3) is 0 Å². The fourth-order valence-electron chi connectivity index (χ4n) is 1.70. The second-order valence-corrected chi connectivity index (χ2v) is 4.00. The minimum Gasteiger partial charge on any atom is -0.493 e. The number of hydrogen-bond donors (Lipinski definition) is 0. The van der Waals surface area contributed by atoms with Crippen LogP contribution in [0.4, 0.5) is 0 Å². The van der Waals surface area contributed by atoms with E-state index in [1.54, 1.807) is 14.2 Å². The summed E-state index contributed by atoms with van der Waals surface area (Å²) >= 11 is 5.72. The van der Waals surface area contributed by atoms with Gasteiger partial charge < -0.3 is 18.9 Å². The molecule has 1 aliphatic rings. The maximum Gasteiger partial charge on any atom is 0.184 e. The highest BCUT2D eigenvalue weighted by Crippen LogP contribution is 2.34. The molecule has 1 aromatic rings. The van der Waals surface area contributed by atoms with Gasteiger partial charge in [-0.3, -0.25) is 0 Å².